The molecule has 0 atom stereocenters. The lowest BCUT2D eigenvalue weighted by atomic mass is 9.96. The predicted octanol–water partition coefficient (Wildman–Crippen LogP) is 2.31. The molecule has 25 heavy (non-hydrogen) atoms. The second-order valence-corrected chi connectivity index (χ2v) is 6.54. The molecule has 0 aliphatic carbocycles. The minimum Gasteiger partial charge on any atom is -0.441 e. The fourth-order valence-corrected chi connectivity index (χ4v) is 3.06. The van der Waals surface area contributed by atoms with Crippen molar-refractivity contribution >= 4 is 11.8 Å². The van der Waals surface area contributed by atoms with Gasteiger partial charge in [-0.3, -0.25) is 9.59 Å². The predicted molar refractivity (Wildman–Crippen MR) is 93.5 cm³/mol. The largest absolute Gasteiger partial charge is 0.441 e. The normalized spacial score (nSPS) is 15.3. The van der Waals surface area contributed by atoms with Crippen molar-refractivity contribution in [2.75, 3.05) is 13.1 Å². The number of hydrogen-bond acceptors (Lipinski definition) is 4. The lowest BCUT2D eigenvalue weighted by molar-refractivity contribution is -0.134. The minimum atomic E-state index is -0.268. The molecule has 0 radical (unpaired) electrons. The van der Waals surface area contributed by atoms with Crippen LogP contribution in [0.3, 0.4) is 0 Å². The van der Waals surface area contributed by atoms with Crippen LogP contribution in [-0.4, -0.2) is 34.8 Å². The number of piperidine rings is 1. The molecular weight excluding hydrogens is 318 g/mol. The molecule has 1 aromatic carbocycles. The Morgan fingerprint density at radius 2 is 1.92 bits per heavy atom. The number of hydrogen-bond donors (Lipinski definition) is 1. The number of carbonyl (C=O) groups excluding carboxylic acids is 2. The summed E-state index contributed by atoms with van der Waals surface area (Å²) < 4.78 is 5.75. The van der Waals surface area contributed by atoms with Crippen molar-refractivity contribution in [1.29, 1.82) is 0 Å². The Morgan fingerprint density at radius 1 is 1.24 bits per heavy atom. The van der Waals surface area contributed by atoms with E-state index in [4.69, 9.17) is 10.2 Å². The van der Waals surface area contributed by atoms with Crippen LogP contribution < -0.4 is 5.73 Å². The zero-order valence-corrected chi connectivity index (χ0v) is 14.4. The van der Waals surface area contributed by atoms with E-state index in [-0.39, 0.29) is 17.7 Å². The summed E-state index contributed by atoms with van der Waals surface area (Å²) in [6.45, 7) is 3.22. The summed E-state index contributed by atoms with van der Waals surface area (Å²) in [7, 11) is 0. The van der Waals surface area contributed by atoms with Crippen LogP contribution in [0.25, 0.3) is 11.3 Å². The number of benzene rings is 1. The van der Waals surface area contributed by atoms with E-state index in [0.717, 1.165) is 5.56 Å². The molecule has 0 spiro atoms. The first-order valence-electron chi connectivity index (χ1n) is 8.62. The van der Waals surface area contributed by atoms with Gasteiger partial charge in [-0.1, -0.05) is 29.8 Å². The van der Waals surface area contributed by atoms with E-state index in [9.17, 15) is 9.59 Å². The summed E-state index contributed by atoms with van der Waals surface area (Å²) >= 11 is 0. The third-order valence-corrected chi connectivity index (χ3v) is 4.69. The molecule has 1 aliphatic rings. The Bertz CT molecular complexity index is 744. The van der Waals surface area contributed by atoms with Crippen molar-refractivity contribution in [3.8, 4) is 11.3 Å². The van der Waals surface area contributed by atoms with E-state index in [2.05, 4.69) is 4.98 Å². The standard InChI is InChI=1S/C19H23N3O3/c1-13-2-4-14(5-3-13)16-12-21-17(25-16)6-7-18(23)22-10-8-15(9-11-22)19(20)24/h2-5,12,15H,6-11H2,1H3,(H2,20,24). The zero-order valence-electron chi connectivity index (χ0n) is 14.4. The van der Waals surface area contributed by atoms with Gasteiger partial charge in [0.15, 0.2) is 11.7 Å². The average molecular weight is 341 g/mol. The van der Waals surface area contributed by atoms with Crippen LogP contribution in [0.15, 0.2) is 34.9 Å². The molecule has 1 aliphatic heterocycles. The molecule has 0 unspecified atom stereocenters. The number of oxazole rings is 1. The van der Waals surface area contributed by atoms with E-state index in [1.165, 1.54) is 5.56 Å². The second-order valence-electron chi connectivity index (χ2n) is 6.54. The van der Waals surface area contributed by atoms with Crippen molar-refractivity contribution in [3.63, 3.8) is 0 Å². The number of amides is 2. The average Bonchev–Trinajstić information content (AvgIpc) is 3.09. The van der Waals surface area contributed by atoms with Crippen LogP contribution in [0.2, 0.25) is 0 Å². The summed E-state index contributed by atoms with van der Waals surface area (Å²) in [5.41, 5.74) is 7.48. The lowest BCUT2D eigenvalue weighted by Crippen LogP contribution is -2.41. The number of likely N-dealkylation sites (tertiary alicyclic amines) is 1. The number of aryl methyl sites for hydroxylation is 2. The van der Waals surface area contributed by atoms with Gasteiger partial charge in [0.05, 0.1) is 6.20 Å². The molecule has 2 aromatic rings. The number of carbonyl (C=O) groups is 2. The van der Waals surface area contributed by atoms with Gasteiger partial charge < -0.3 is 15.1 Å². The molecule has 6 nitrogen and oxygen atoms in total. The Balaban J connectivity index is 1.51. The molecule has 3 rings (SSSR count). The molecule has 132 valence electrons. The maximum atomic E-state index is 12.3. The van der Waals surface area contributed by atoms with Gasteiger partial charge in [0, 0.05) is 37.4 Å². The molecule has 2 amide bonds. The fraction of sp³-hybridized carbons (Fsp3) is 0.421. The van der Waals surface area contributed by atoms with E-state index < -0.39 is 0 Å². The highest BCUT2D eigenvalue weighted by atomic mass is 16.4. The highest BCUT2D eigenvalue weighted by molar-refractivity contribution is 5.79. The summed E-state index contributed by atoms with van der Waals surface area (Å²) in [5.74, 6) is 0.974. The van der Waals surface area contributed by atoms with Crippen LogP contribution in [0, 0.1) is 12.8 Å². The van der Waals surface area contributed by atoms with Gasteiger partial charge in [0.2, 0.25) is 11.8 Å². The maximum Gasteiger partial charge on any atom is 0.223 e. The van der Waals surface area contributed by atoms with Crippen molar-refractivity contribution in [1.82, 2.24) is 9.88 Å². The van der Waals surface area contributed by atoms with Crippen molar-refractivity contribution < 1.29 is 14.0 Å². The van der Waals surface area contributed by atoms with Gasteiger partial charge in [-0.25, -0.2) is 4.98 Å². The summed E-state index contributed by atoms with van der Waals surface area (Å²) in [6, 6.07) is 8.04. The summed E-state index contributed by atoms with van der Waals surface area (Å²) in [6.07, 6.45) is 3.83. The van der Waals surface area contributed by atoms with Gasteiger partial charge in [-0.2, -0.15) is 0 Å². The van der Waals surface area contributed by atoms with E-state index in [1.54, 1.807) is 11.1 Å². The van der Waals surface area contributed by atoms with Gasteiger partial charge >= 0.3 is 0 Å². The molecule has 1 aromatic heterocycles. The van der Waals surface area contributed by atoms with Crippen molar-refractivity contribution in [3.05, 3.63) is 41.9 Å². The number of primary amides is 1. The van der Waals surface area contributed by atoms with E-state index >= 15 is 0 Å². The van der Waals surface area contributed by atoms with Gasteiger partial charge in [0.1, 0.15) is 0 Å². The number of nitrogens with two attached hydrogens (primary N) is 1. The monoisotopic (exact) mass is 341 g/mol. The smallest absolute Gasteiger partial charge is 0.223 e. The van der Waals surface area contributed by atoms with Crippen LogP contribution in [-0.2, 0) is 16.0 Å². The van der Waals surface area contributed by atoms with E-state index in [1.807, 2.05) is 31.2 Å². The molecule has 0 bridgehead atoms. The lowest BCUT2D eigenvalue weighted by Gasteiger charge is -2.30. The highest BCUT2D eigenvalue weighted by Gasteiger charge is 2.25. The van der Waals surface area contributed by atoms with Crippen molar-refractivity contribution in [2.24, 2.45) is 11.7 Å². The Kier molecular flexibility index (Phi) is 5.16. The second kappa shape index (κ2) is 7.51. The van der Waals surface area contributed by atoms with Crippen LogP contribution >= 0.6 is 0 Å². The maximum absolute atomic E-state index is 12.3. The van der Waals surface area contributed by atoms with Gasteiger partial charge in [-0.05, 0) is 19.8 Å². The SMILES string of the molecule is Cc1ccc(-c2cnc(CCC(=O)N3CCC(C(N)=O)CC3)o2)cc1. The van der Waals surface area contributed by atoms with Gasteiger partial charge in [0.25, 0.3) is 0 Å². The molecule has 2 heterocycles. The molecular formula is C19H23N3O3. The summed E-state index contributed by atoms with van der Waals surface area (Å²) in [5, 5.41) is 0. The molecule has 1 saturated heterocycles. The van der Waals surface area contributed by atoms with Gasteiger partial charge in [-0.15, -0.1) is 0 Å². The molecule has 2 N–H and O–H groups in total. The summed E-state index contributed by atoms with van der Waals surface area (Å²) in [4.78, 5) is 29.5. The minimum absolute atomic E-state index is 0.0676. The Labute approximate surface area is 147 Å². The third kappa shape index (κ3) is 4.26. The quantitative estimate of drug-likeness (QED) is 0.903. The Hall–Kier alpha value is -2.63. The van der Waals surface area contributed by atoms with Crippen LogP contribution in [0.4, 0.5) is 0 Å². The molecule has 0 saturated carbocycles. The molecule has 6 heteroatoms. The fourth-order valence-electron chi connectivity index (χ4n) is 3.06. The van der Waals surface area contributed by atoms with Crippen molar-refractivity contribution in [2.45, 2.75) is 32.6 Å². The van der Waals surface area contributed by atoms with Crippen LogP contribution in [0.5, 0.6) is 0 Å². The first-order valence-corrected chi connectivity index (χ1v) is 8.62. The first-order chi connectivity index (χ1) is 12.0. The Morgan fingerprint density at radius 3 is 2.56 bits per heavy atom. The third-order valence-electron chi connectivity index (χ3n) is 4.69. The van der Waals surface area contributed by atoms with E-state index in [0.29, 0.717) is 50.4 Å². The number of aromatic nitrogens is 1. The first kappa shape index (κ1) is 17.2. The topological polar surface area (TPSA) is 89.4 Å². The molecule has 1 fully saturated rings. The highest BCUT2D eigenvalue weighted by Crippen LogP contribution is 2.22. The number of nitrogens with zero attached hydrogens (tertiary/aromatic N) is 2. The van der Waals surface area contributed by atoms with Crippen LogP contribution in [0.1, 0.15) is 30.7 Å². The number of rotatable bonds is 5. The zero-order chi connectivity index (χ0) is 17.8.